The number of furan rings is 1. The summed E-state index contributed by atoms with van der Waals surface area (Å²) in [5.41, 5.74) is 1.10. The van der Waals surface area contributed by atoms with Crippen LogP contribution >= 0.6 is 0 Å². The molecule has 4 heteroatoms. The molecule has 0 fully saturated rings. The smallest absolute Gasteiger partial charge is 0.146 e. The van der Waals surface area contributed by atoms with Crippen molar-refractivity contribution in [2.45, 2.75) is 27.0 Å². The average molecular weight is 277 g/mol. The van der Waals surface area contributed by atoms with Crippen LogP contribution in [0, 0.1) is 11.7 Å². The Hall–Kier alpha value is -1.81. The number of ether oxygens (including phenoxy) is 1. The lowest BCUT2D eigenvalue weighted by Crippen LogP contribution is -2.18. The third-order valence-corrected chi connectivity index (χ3v) is 2.78. The Morgan fingerprint density at radius 3 is 2.70 bits per heavy atom. The van der Waals surface area contributed by atoms with Gasteiger partial charge in [-0.2, -0.15) is 0 Å². The lowest BCUT2D eigenvalue weighted by Gasteiger charge is -2.05. The van der Waals surface area contributed by atoms with Gasteiger partial charge in [0.2, 0.25) is 0 Å². The molecule has 0 amide bonds. The van der Waals surface area contributed by atoms with Gasteiger partial charge in [-0.3, -0.25) is 0 Å². The molecule has 108 valence electrons. The van der Waals surface area contributed by atoms with Gasteiger partial charge in [0.15, 0.2) is 0 Å². The van der Waals surface area contributed by atoms with Crippen molar-refractivity contribution >= 4 is 0 Å². The Labute approximate surface area is 118 Å². The minimum atomic E-state index is -0.270. The molecule has 0 unspecified atom stereocenters. The van der Waals surface area contributed by atoms with Gasteiger partial charge in [-0.25, -0.2) is 4.39 Å². The van der Waals surface area contributed by atoms with Crippen LogP contribution in [-0.2, 0) is 13.2 Å². The second-order valence-corrected chi connectivity index (χ2v) is 5.19. The van der Waals surface area contributed by atoms with Crippen LogP contribution in [0.5, 0.6) is 5.75 Å². The van der Waals surface area contributed by atoms with Crippen LogP contribution in [0.25, 0.3) is 0 Å². The predicted molar refractivity (Wildman–Crippen MR) is 76.0 cm³/mol. The maximum atomic E-state index is 12.7. The number of benzene rings is 1. The summed E-state index contributed by atoms with van der Waals surface area (Å²) >= 11 is 0. The fraction of sp³-hybridized carbons (Fsp3) is 0.375. The lowest BCUT2D eigenvalue weighted by atomic mass is 10.2. The minimum absolute atomic E-state index is 0.270. The molecule has 0 saturated heterocycles. The zero-order valence-electron chi connectivity index (χ0n) is 11.9. The van der Waals surface area contributed by atoms with Crippen LogP contribution in [-0.4, -0.2) is 6.54 Å². The molecule has 1 aromatic heterocycles. The first-order valence-electron chi connectivity index (χ1n) is 6.79. The molecule has 3 nitrogen and oxygen atoms in total. The Balaban J connectivity index is 1.79. The largest absolute Gasteiger partial charge is 0.486 e. The van der Waals surface area contributed by atoms with E-state index in [2.05, 4.69) is 19.2 Å². The van der Waals surface area contributed by atoms with Crippen LogP contribution < -0.4 is 10.1 Å². The molecule has 0 aliphatic carbocycles. The average Bonchev–Trinajstić information content (AvgIpc) is 2.86. The maximum absolute atomic E-state index is 12.7. The number of hydrogen-bond donors (Lipinski definition) is 1. The fourth-order valence-corrected chi connectivity index (χ4v) is 1.79. The monoisotopic (exact) mass is 277 g/mol. The van der Waals surface area contributed by atoms with Crippen molar-refractivity contribution in [3.05, 3.63) is 53.7 Å². The summed E-state index contributed by atoms with van der Waals surface area (Å²) in [7, 11) is 0. The van der Waals surface area contributed by atoms with E-state index in [0.29, 0.717) is 18.3 Å². The van der Waals surface area contributed by atoms with E-state index in [1.54, 1.807) is 18.4 Å². The second kappa shape index (κ2) is 7.10. The third-order valence-electron chi connectivity index (χ3n) is 2.78. The molecule has 0 aliphatic rings. The van der Waals surface area contributed by atoms with Crippen molar-refractivity contribution in [3.8, 4) is 5.75 Å². The van der Waals surface area contributed by atoms with Gasteiger partial charge in [-0.05, 0) is 42.8 Å². The SMILES string of the molecule is CC(C)CNCc1coc(COc2ccc(F)cc2)c1. The summed E-state index contributed by atoms with van der Waals surface area (Å²) in [6.07, 6.45) is 1.73. The number of nitrogens with one attached hydrogen (secondary N) is 1. The van der Waals surface area contributed by atoms with Gasteiger partial charge in [0.25, 0.3) is 0 Å². The van der Waals surface area contributed by atoms with Gasteiger partial charge in [-0.1, -0.05) is 13.8 Å². The van der Waals surface area contributed by atoms with Gasteiger partial charge in [-0.15, -0.1) is 0 Å². The molecule has 0 bridgehead atoms. The van der Waals surface area contributed by atoms with E-state index < -0.39 is 0 Å². The van der Waals surface area contributed by atoms with E-state index in [9.17, 15) is 4.39 Å². The molecule has 1 heterocycles. The van der Waals surface area contributed by atoms with Crippen LogP contribution in [0.3, 0.4) is 0 Å². The normalized spacial score (nSPS) is 11.0. The molecule has 1 N–H and O–H groups in total. The van der Waals surface area contributed by atoms with E-state index >= 15 is 0 Å². The molecule has 2 aromatic rings. The molecule has 0 radical (unpaired) electrons. The number of hydrogen-bond acceptors (Lipinski definition) is 3. The van der Waals surface area contributed by atoms with E-state index in [0.717, 1.165) is 24.4 Å². The van der Waals surface area contributed by atoms with Crippen LogP contribution in [0.2, 0.25) is 0 Å². The quantitative estimate of drug-likeness (QED) is 0.837. The van der Waals surface area contributed by atoms with Crippen molar-refractivity contribution in [3.63, 3.8) is 0 Å². The van der Waals surface area contributed by atoms with E-state index in [-0.39, 0.29) is 5.82 Å². The Morgan fingerprint density at radius 1 is 1.25 bits per heavy atom. The highest BCUT2D eigenvalue weighted by Crippen LogP contribution is 2.15. The summed E-state index contributed by atoms with van der Waals surface area (Å²) in [6, 6.07) is 7.92. The van der Waals surface area contributed by atoms with Crippen molar-refractivity contribution < 1.29 is 13.5 Å². The first kappa shape index (κ1) is 14.6. The van der Waals surface area contributed by atoms with Gasteiger partial charge >= 0.3 is 0 Å². The number of rotatable bonds is 7. The van der Waals surface area contributed by atoms with Crippen LogP contribution in [0.1, 0.15) is 25.2 Å². The highest BCUT2D eigenvalue weighted by molar-refractivity contribution is 5.22. The molecular formula is C16H20FNO2. The van der Waals surface area contributed by atoms with Gasteiger partial charge in [0.05, 0.1) is 6.26 Å². The van der Waals surface area contributed by atoms with Gasteiger partial charge in [0, 0.05) is 12.1 Å². The molecule has 0 atom stereocenters. The minimum Gasteiger partial charge on any atom is -0.486 e. The summed E-state index contributed by atoms with van der Waals surface area (Å²) in [5, 5.41) is 3.35. The van der Waals surface area contributed by atoms with Gasteiger partial charge < -0.3 is 14.5 Å². The summed E-state index contributed by atoms with van der Waals surface area (Å²) < 4.78 is 23.7. The van der Waals surface area contributed by atoms with Crippen molar-refractivity contribution in [1.82, 2.24) is 5.32 Å². The van der Waals surface area contributed by atoms with Crippen molar-refractivity contribution in [1.29, 1.82) is 0 Å². The summed E-state index contributed by atoms with van der Waals surface area (Å²) in [4.78, 5) is 0. The van der Waals surface area contributed by atoms with Crippen molar-refractivity contribution in [2.75, 3.05) is 6.54 Å². The van der Waals surface area contributed by atoms with Crippen LogP contribution in [0.4, 0.5) is 4.39 Å². The maximum Gasteiger partial charge on any atom is 0.146 e. The highest BCUT2D eigenvalue weighted by Gasteiger charge is 2.03. The van der Waals surface area contributed by atoms with Crippen molar-refractivity contribution in [2.24, 2.45) is 5.92 Å². The molecule has 0 spiro atoms. The Morgan fingerprint density at radius 2 is 2.00 bits per heavy atom. The third kappa shape index (κ3) is 4.70. The Bertz CT molecular complexity index is 520. The van der Waals surface area contributed by atoms with E-state index in [1.807, 2.05) is 6.07 Å². The fourth-order valence-electron chi connectivity index (χ4n) is 1.79. The Kier molecular flexibility index (Phi) is 5.18. The van der Waals surface area contributed by atoms with E-state index in [1.165, 1.54) is 12.1 Å². The molecule has 0 saturated carbocycles. The zero-order chi connectivity index (χ0) is 14.4. The standard InChI is InChI=1S/C16H20FNO2/c1-12(2)8-18-9-13-7-16(19-10-13)11-20-15-5-3-14(17)4-6-15/h3-7,10,12,18H,8-9,11H2,1-2H3. The van der Waals surface area contributed by atoms with Gasteiger partial charge in [0.1, 0.15) is 23.9 Å². The zero-order valence-corrected chi connectivity index (χ0v) is 11.9. The second-order valence-electron chi connectivity index (χ2n) is 5.19. The molecular weight excluding hydrogens is 257 g/mol. The molecule has 0 aliphatic heterocycles. The number of halogens is 1. The lowest BCUT2D eigenvalue weighted by molar-refractivity contribution is 0.270. The molecule has 1 aromatic carbocycles. The highest BCUT2D eigenvalue weighted by atomic mass is 19.1. The first-order valence-corrected chi connectivity index (χ1v) is 6.79. The molecule has 2 rings (SSSR count). The first-order chi connectivity index (χ1) is 9.63. The van der Waals surface area contributed by atoms with Crippen LogP contribution in [0.15, 0.2) is 41.0 Å². The summed E-state index contributed by atoms with van der Waals surface area (Å²) in [5.74, 6) is 1.75. The summed E-state index contributed by atoms with van der Waals surface area (Å²) in [6.45, 7) is 6.45. The predicted octanol–water partition coefficient (Wildman–Crippen LogP) is 3.74. The molecule has 20 heavy (non-hydrogen) atoms. The topological polar surface area (TPSA) is 34.4 Å². The van der Waals surface area contributed by atoms with E-state index in [4.69, 9.17) is 9.15 Å².